The summed E-state index contributed by atoms with van der Waals surface area (Å²) in [5.74, 6) is 0.877. The van der Waals surface area contributed by atoms with E-state index in [4.69, 9.17) is 4.74 Å². The molecule has 2 rings (SSSR count). The van der Waals surface area contributed by atoms with Gasteiger partial charge in [-0.15, -0.1) is 0 Å². The van der Waals surface area contributed by atoms with Gasteiger partial charge in [0.05, 0.1) is 12.7 Å². The van der Waals surface area contributed by atoms with Gasteiger partial charge in [0.1, 0.15) is 5.75 Å². The van der Waals surface area contributed by atoms with Crippen molar-refractivity contribution in [3.8, 4) is 5.75 Å². The fourth-order valence-electron chi connectivity index (χ4n) is 2.24. The van der Waals surface area contributed by atoms with Gasteiger partial charge in [-0.25, -0.2) is 0 Å². The molecule has 2 nitrogen and oxygen atoms in total. The fourth-order valence-corrected chi connectivity index (χ4v) is 2.24. The normalized spacial score (nSPS) is 12.1. The number of aryl methyl sites for hydroxylation is 1. The maximum absolute atomic E-state index is 10.2. The predicted molar refractivity (Wildman–Crippen MR) is 86.6 cm³/mol. The molecule has 0 spiro atoms. The molecule has 2 heteroatoms. The van der Waals surface area contributed by atoms with Gasteiger partial charge in [0.25, 0.3) is 0 Å². The van der Waals surface area contributed by atoms with Crippen molar-refractivity contribution in [3.05, 3.63) is 65.7 Å². The molecule has 0 bridgehead atoms. The SMILES string of the molecule is CCCCOc1ccc(C(O)CCc2ccccc2)cc1. The van der Waals surface area contributed by atoms with Crippen LogP contribution < -0.4 is 4.74 Å². The molecular formula is C19H24O2. The van der Waals surface area contributed by atoms with Crippen molar-refractivity contribution in [1.82, 2.24) is 0 Å². The van der Waals surface area contributed by atoms with E-state index in [2.05, 4.69) is 19.1 Å². The topological polar surface area (TPSA) is 29.5 Å². The number of aliphatic hydroxyl groups excluding tert-OH is 1. The van der Waals surface area contributed by atoms with Crippen LogP contribution in [0.15, 0.2) is 54.6 Å². The smallest absolute Gasteiger partial charge is 0.119 e. The molecule has 112 valence electrons. The number of hydrogen-bond donors (Lipinski definition) is 1. The Morgan fingerprint density at radius 3 is 2.38 bits per heavy atom. The number of hydrogen-bond acceptors (Lipinski definition) is 2. The van der Waals surface area contributed by atoms with Gasteiger partial charge in [0.2, 0.25) is 0 Å². The summed E-state index contributed by atoms with van der Waals surface area (Å²) in [5, 5.41) is 10.2. The average molecular weight is 284 g/mol. The van der Waals surface area contributed by atoms with Crippen molar-refractivity contribution >= 4 is 0 Å². The zero-order chi connectivity index (χ0) is 14.9. The summed E-state index contributed by atoms with van der Waals surface area (Å²) in [6.45, 7) is 2.90. The molecule has 0 aromatic heterocycles. The fraction of sp³-hybridized carbons (Fsp3) is 0.368. The van der Waals surface area contributed by atoms with Crippen LogP contribution in [0.5, 0.6) is 5.75 Å². The van der Waals surface area contributed by atoms with Gasteiger partial charge in [-0.05, 0) is 42.5 Å². The van der Waals surface area contributed by atoms with E-state index in [0.717, 1.165) is 43.6 Å². The lowest BCUT2D eigenvalue weighted by molar-refractivity contribution is 0.167. The van der Waals surface area contributed by atoms with Crippen LogP contribution in [0, 0.1) is 0 Å². The van der Waals surface area contributed by atoms with Crippen molar-refractivity contribution in [2.24, 2.45) is 0 Å². The van der Waals surface area contributed by atoms with E-state index >= 15 is 0 Å². The zero-order valence-corrected chi connectivity index (χ0v) is 12.7. The first-order chi connectivity index (χ1) is 10.3. The highest BCUT2D eigenvalue weighted by Gasteiger charge is 2.08. The lowest BCUT2D eigenvalue weighted by Crippen LogP contribution is -2.00. The molecule has 0 saturated carbocycles. The molecule has 0 fully saturated rings. The molecule has 0 heterocycles. The summed E-state index contributed by atoms with van der Waals surface area (Å²) in [6.07, 6.45) is 3.41. The van der Waals surface area contributed by atoms with Gasteiger partial charge < -0.3 is 9.84 Å². The Morgan fingerprint density at radius 2 is 1.71 bits per heavy atom. The van der Waals surface area contributed by atoms with Gasteiger partial charge in [0, 0.05) is 0 Å². The Morgan fingerprint density at radius 1 is 1.00 bits per heavy atom. The van der Waals surface area contributed by atoms with Crippen molar-refractivity contribution in [2.75, 3.05) is 6.61 Å². The lowest BCUT2D eigenvalue weighted by atomic mass is 10.0. The van der Waals surface area contributed by atoms with Crippen molar-refractivity contribution in [3.63, 3.8) is 0 Å². The van der Waals surface area contributed by atoms with Gasteiger partial charge >= 0.3 is 0 Å². The minimum Gasteiger partial charge on any atom is -0.494 e. The zero-order valence-electron chi connectivity index (χ0n) is 12.7. The molecule has 1 atom stereocenters. The second kappa shape index (κ2) is 8.48. The van der Waals surface area contributed by atoms with E-state index in [1.54, 1.807) is 0 Å². The highest BCUT2D eigenvalue weighted by molar-refractivity contribution is 5.28. The molecule has 1 N–H and O–H groups in total. The highest BCUT2D eigenvalue weighted by Crippen LogP contribution is 2.22. The molecule has 0 aliphatic rings. The predicted octanol–water partition coefficient (Wildman–Crippen LogP) is 4.53. The van der Waals surface area contributed by atoms with Crippen molar-refractivity contribution in [2.45, 2.75) is 38.7 Å². The number of unbranched alkanes of at least 4 members (excludes halogenated alkanes) is 1. The van der Waals surface area contributed by atoms with Crippen LogP contribution in [0.25, 0.3) is 0 Å². The van der Waals surface area contributed by atoms with E-state index in [0.29, 0.717) is 0 Å². The first-order valence-electron chi connectivity index (χ1n) is 7.74. The number of rotatable bonds is 8. The molecule has 2 aromatic carbocycles. The number of benzene rings is 2. The summed E-state index contributed by atoms with van der Waals surface area (Å²) in [4.78, 5) is 0. The van der Waals surface area contributed by atoms with E-state index in [1.165, 1.54) is 5.56 Å². The van der Waals surface area contributed by atoms with Gasteiger partial charge in [0.15, 0.2) is 0 Å². The summed E-state index contributed by atoms with van der Waals surface area (Å²) in [6, 6.07) is 18.1. The first-order valence-corrected chi connectivity index (χ1v) is 7.74. The molecule has 0 aliphatic carbocycles. The maximum Gasteiger partial charge on any atom is 0.119 e. The minimum absolute atomic E-state index is 0.421. The second-order valence-corrected chi connectivity index (χ2v) is 5.31. The first kappa shape index (κ1) is 15.6. The van der Waals surface area contributed by atoms with E-state index in [-0.39, 0.29) is 0 Å². The van der Waals surface area contributed by atoms with Crippen molar-refractivity contribution in [1.29, 1.82) is 0 Å². The van der Waals surface area contributed by atoms with Crippen molar-refractivity contribution < 1.29 is 9.84 Å². The summed E-state index contributed by atoms with van der Waals surface area (Å²) < 4.78 is 5.63. The summed E-state index contributed by atoms with van der Waals surface area (Å²) >= 11 is 0. The van der Waals surface area contributed by atoms with Crippen LogP contribution in [-0.2, 0) is 6.42 Å². The molecule has 0 amide bonds. The third-order valence-electron chi connectivity index (χ3n) is 3.58. The number of ether oxygens (including phenoxy) is 1. The van der Waals surface area contributed by atoms with Crippen LogP contribution in [-0.4, -0.2) is 11.7 Å². The molecule has 21 heavy (non-hydrogen) atoms. The van der Waals surface area contributed by atoms with Gasteiger partial charge in [-0.3, -0.25) is 0 Å². The highest BCUT2D eigenvalue weighted by atomic mass is 16.5. The molecule has 0 aliphatic heterocycles. The van der Waals surface area contributed by atoms with E-state index in [9.17, 15) is 5.11 Å². The Balaban J connectivity index is 1.83. The van der Waals surface area contributed by atoms with Crippen LogP contribution in [0.3, 0.4) is 0 Å². The van der Waals surface area contributed by atoms with Crippen LogP contribution >= 0.6 is 0 Å². The Labute approximate surface area is 127 Å². The van der Waals surface area contributed by atoms with Gasteiger partial charge in [-0.1, -0.05) is 55.8 Å². The summed E-state index contributed by atoms with van der Waals surface area (Å²) in [5.41, 5.74) is 2.21. The maximum atomic E-state index is 10.2. The van der Waals surface area contributed by atoms with Crippen LogP contribution in [0.2, 0.25) is 0 Å². The van der Waals surface area contributed by atoms with E-state index < -0.39 is 6.10 Å². The third kappa shape index (κ3) is 5.24. The molecular weight excluding hydrogens is 260 g/mol. The van der Waals surface area contributed by atoms with Crippen LogP contribution in [0.4, 0.5) is 0 Å². The molecule has 2 aromatic rings. The summed E-state index contributed by atoms with van der Waals surface area (Å²) in [7, 11) is 0. The standard InChI is InChI=1S/C19H24O2/c1-2-3-15-21-18-12-10-17(11-13-18)19(20)14-9-16-7-5-4-6-8-16/h4-8,10-13,19-20H,2-3,9,14-15H2,1H3. The Kier molecular flexibility index (Phi) is 6.29. The molecule has 0 radical (unpaired) electrons. The largest absolute Gasteiger partial charge is 0.494 e. The second-order valence-electron chi connectivity index (χ2n) is 5.31. The molecule has 0 saturated heterocycles. The Bertz CT molecular complexity index is 505. The Hall–Kier alpha value is -1.80. The minimum atomic E-state index is -0.421. The average Bonchev–Trinajstić information content (AvgIpc) is 2.54. The lowest BCUT2D eigenvalue weighted by Gasteiger charge is -2.12. The quantitative estimate of drug-likeness (QED) is 0.722. The monoisotopic (exact) mass is 284 g/mol. The third-order valence-corrected chi connectivity index (χ3v) is 3.58. The molecule has 1 unspecified atom stereocenters. The van der Waals surface area contributed by atoms with Crippen LogP contribution in [0.1, 0.15) is 43.4 Å². The number of aliphatic hydroxyl groups is 1. The van der Waals surface area contributed by atoms with E-state index in [1.807, 2.05) is 42.5 Å². The van der Waals surface area contributed by atoms with Gasteiger partial charge in [-0.2, -0.15) is 0 Å².